The van der Waals surface area contributed by atoms with Crippen LogP contribution in [0.3, 0.4) is 0 Å². The number of rotatable bonds is 55. The molecule has 0 radical (unpaired) electrons. The van der Waals surface area contributed by atoms with E-state index in [-0.39, 0.29) is 12.5 Å². The number of unbranched alkanes of at least 4 members (excludes halogenated alkanes) is 25. The number of carbonyl (C=O) groups is 1. The van der Waals surface area contributed by atoms with Gasteiger partial charge in [-0.3, -0.25) is 4.79 Å². The number of nitrogens with one attached hydrogen (secondary N) is 1. The molecule has 1 rings (SSSR count). The molecule has 1 heterocycles. The molecule has 0 bridgehead atoms. The quantitative estimate of drug-likeness (QED) is 0.0261. The lowest BCUT2D eigenvalue weighted by Crippen LogP contribution is -2.60. The van der Waals surface area contributed by atoms with E-state index >= 15 is 0 Å². The van der Waals surface area contributed by atoms with Crippen LogP contribution in [0.25, 0.3) is 0 Å². The van der Waals surface area contributed by atoms with Crippen LogP contribution in [-0.4, -0.2) is 87.5 Å². The van der Waals surface area contributed by atoms with E-state index in [9.17, 15) is 30.3 Å². The monoisotopic (exact) mass is 1130 g/mol. The SMILES string of the molecule is CC/C=C\C/C=C\C/C=C\C/C=C\C/C=C\C/C=C\C/C=C\C/C=C\CCCCCCCCC(=O)NC(COC1OC(CO)C(O)C(O)C1O)C(O)/C=C/CC/C=C/CC/C=C/CCCCCCCCCCCCCCCCCCC. The predicted octanol–water partition coefficient (Wildman–Crippen LogP) is 17.6. The molecule has 1 aliphatic rings. The van der Waals surface area contributed by atoms with Crippen molar-refractivity contribution in [1.29, 1.82) is 0 Å². The van der Waals surface area contributed by atoms with Crippen LogP contribution < -0.4 is 5.32 Å². The van der Waals surface area contributed by atoms with Crippen molar-refractivity contribution in [2.24, 2.45) is 0 Å². The van der Waals surface area contributed by atoms with E-state index in [4.69, 9.17) is 9.47 Å². The minimum atomic E-state index is -1.59. The van der Waals surface area contributed by atoms with Gasteiger partial charge in [-0.1, -0.05) is 276 Å². The van der Waals surface area contributed by atoms with Gasteiger partial charge in [0, 0.05) is 6.42 Å². The maximum Gasteiger partial charge on any atom is 0.220 e. The van der Waals surface area contributed by atoms with Crippen LogP contribution >= 0.6 is 0 Å². The van der Waals surface area contributed by atoms with Crippen LogP contribution in [0.5, 0.6) is 0 Å². The normalized spacial score (nSPS) is 19.3. The first-order valence-corrected chi connectivity index (χ1v) is 32.9. The molecule has 9 nitrogen and oxygen atoms in total. The Labute approximate surface area is 496 Å². The number of carbonyl (C=O) groups excluding carboxylic acids is 1. The Morgan fingerprint density at radius 2 is 0.778 bits per heavy atom. The Morgan fingerprint density at radius 3 is 1.19 bits per heavy atom. The first-order chi connectivity index (χ1) is 39.8. The molecule has 1 amide bonds. The van der Waals surface area contributed by atoms with Gasteiger partial charge in [0.2, 0.25) is 5.91 Å². The van der Waals surface area contributed by atoms with Crippen LogP contribution in [-0.2, 0) is 14.3 Å². The molecule has 462 valence electrons. The van der Waals surface area contributed by atoms with Gasteiger partial charge in [0.1, 0.15) is 24.4 Å². The number of amides is 1. The van der Waals surface area contributed by atoms with Crippen LogP contribution in [0.1, 0.15) is 258 Å². The highest BCUT2D eigenvalue weighted by Gasteiger charge is 2.44. The van der Waals surface area contributed by atoms with E-state index in [2.05, 4.69) is 141 Å². The molecule has 0 aromatic carbocycles. The number of aliphatic hydroxyl groups excluding tert-OH is 5. The summed E-state index contributed by atoms with van der Waals surface area (Å²) in [4.78, 5) is 13.1. The molecule has 0 aromatic rings. The van der Waals surface area contributed by atoms with Crippen molar-refractivity contribution in [3.8, 4) is 0 Å². The molecule has 1 saturated heterocycles. The second-order valence-electron chi connectivity index (χ2n) is 22.2. The second kappa shape index (κ2) is 59.5. The molecule has 0 saturated carbocycles. The first kappa shape index (κ1) is 75.3. The molecule has 6 N–H and O–H groups in total. The highest BCUT2D eigenvalue weighted by Crippen LogP contribution is 2.23. The number of aliphatic hydroxyl groups is 5. The fourth-order valence-electron chi connectivity index (χ4n) is 9.56. The minimum Gasteiger partial charge on any atom is -0.394 e. The van der Waals surface area contributed by atoms with Crippen molar-refractivity contribution < 1.29 is 39.8 Å². The lowest BCUT2D eigenvalue weighted by atomic mass is 9.99. The Morgan fingerprint density at radius 1 is 0.432 bits per heavy atom. The zero-order valence-electron chi connectivity index (χ0n) is 51.5. The van der Waals surface area contributed by atoms with Gasteiger partial charge in [0.25, 0.3) is 0 Å². The van der Waals surface area contributed by atoms with E-state index in [0.717, 1.165) is 128 Å². The van der Waals surface area contributed by atoms with Gasteiger partial charge in [0.05, 0.1) is 25.4 Å². The van der Waals surface area contributed by atoms with Crippen LogP contribution in [0.15, 0.2) is 134 Å². The summed E-state index contributed by atoms with van der Waals surface area (Å²) >= 11 is 0. The summed E-state index contributed by atoms with van der Waals surface area (Å²) in [7, 11) is 0. The largest absolute Gasteiger partial charge is 0.394 e. The van der Waals surface area contributed by atoms with Gasteiger partial charge >= 0.3 is 0 Å². The second-order valence-corrected chi connectivity index (χ2v) is 22.2. The molecule has 7 unspecified atom stereocenters. The summed E-state index contributed by atoms with van der Waals surface area (Å²) in [6.45, 7) is 3.64. The summed E-state index contributed by atoms with van der Waals surface area (Å²) < 4.78 is 11.3. The third kappa shape index (κ3) is 48.4. The van der Waals surface area contributed by atoms with E-state index in [1.54, 1.807) is 6.08 Å². The average Bonchev–Trinajstić information content (AvgIpc) is 3.47. The smallest absolute Gasteiger partial charge is 0.220 e. The summed E-state index contributed by atoms with van der Waals surface area (Å²) in [5, 5.41) is 54.6. The summed E-state index contributed by atoms with van der Waals surface area (Å²) in [5.74, 6) is -0.210. The van der Waals surface area contributed by atoms with E-state index < -0.39 is 49.5 Å². The third-order valence-corrected chi connectivity index (χ3v) is 14.7. The molecule has 81 heavy (non-hydrogen) atoms. The van der Waals surface area contributed by atoms with Gasteiger partial charge in [-0.2, -0.15) is 0 Å². The predicted molar refractivity (Wildman–Crippen MR) is 345 cm³/mol. The van der Waals surface area contributed by atoms with Crippen LogP contribution in [0, 0.1) is 0 Å². The molecule has 1 aliphatic heterocycles. The number of ether oxygens (including phenoxy) is 2. The summed E-state index contributed by atoms with van der Waals surface area (Å²) in [6, 6.07) is -0.848. The van der Waals surface area contributed by atoms with E-state index in [0.29, 0.717) is 6.42 Å². The van der Waals surface area contributed by atoms with Gasteiger partial charge in [-0.25, -0.2) is 0 Å². The third-order valence-electron chi connectivity index (χ3n) is 14.7. The molecular weight excluding hydrogens is 1010 g/mol. The highest BCUT2D eigenvalue weighted by molar-refractivity contribution is 5.76. The average molecular weight is 1130 g/mol. The van der Waals surface area contributed by atoms with Gasteiger partial charge in [-0.05, 0) is 109 Å². The van der Waals surface area contributed by atoms with Crippen molar-refractivity contribution in [3.05, 3.63) is 134 Å². The highest BCUT2D eigenvalue weighted by atomic mass is 16.7. The van der Waals surface area contributed by atoms with Crippen molar-refractivity contribution in [2.75, 3.05) is 13.2 Å². The zero-order valence-corrected chi connectivity index (χ0v) is 51.5. The van der Waals surface area contributed by atoms with Gasteiger partial charge in [-0.15, -0.1) is 0 Å². The topological polar surface area (TPSA) is 149 Å². The number of hydrogen-bond acceptors (Lipinski definition) is 8. The molecule has 0 aromatic heterocycles. The van der Waals surface area contributed by atoms with Gasteiger partial charge in [0.15, 0.2) is 6.29 Å². The van der Waals surface area contributed by atoms with Crippen molar-refractivity contribution in [3.63, 3.8) is 0 Å². The molecule has 7 atom stereocenters. The zero-order chi connectivity index (χ0) is 58.6. The number of allylic oxidation sites excluding steroid dienone is 21. The molecular formula is C72H121NO8. The first-order valence-electron chi connectivity index (χ1n) is 32.9. The lowest BCUT2D eigenvalue weighted by molar-refractivity contribution is -0.302. The molecule has 1 fully saturated rings. The Hall–Kier alpha value is -3.67. The van der Waals surface area contributed by atoms with Crippen molar-refractivity contribution >= 4 is 5.91 Å². The fraction of sp³-hybridized carbons (Fsp3) is 0.681. The lowest BCUT2D eigenvalue weighted by Gasteiger charge is -2.40. The van der Waals surface area contributed by atoms with Crippen molar-refractivity contribution in [1.82, 2.24) is 5.32 Å². The summed E-state index contributed by atoms with van der Waals surface area (Å²) in [6.07, 6.45) is 83.9. The summed E-state index contributed by atoms with van der Waals surface area (Å²) in [5.41, 5.74) is 0. The van der Waals surface area contributed by atoms with Crippen LogP contribution in [0.2, 0.25) is 0 Å². The van der Waals surface area contributed by atoms with E-state index in [1.807, 2.05) is 6.08 Å². The maximum atomic E-state index is 13.1. The molecule has 0 spiro atoms. The fourth-order valence-corrected chi connectivity index (χ4v) is 9.56. The molecule has 0 aliphatic carbocycles. The number of hydrogen-bond donors (Lipinski definition) is 6. The van der Waals surface area contributed by atoms with Crippen LogP contribution in [0.4, 0.5) is 0 Å². The standard InChI is InChI=1S/C72H121NO8/c1-3-5-7-9-11-13-15-17-19-21-23-25-27-29-31-32-33-34-36-38-40-42-44-46-48-50-52-54-56-58-60-62-68(76)73-65(64-80-72-71(79)70(78)69(77)67(63-74)81-72)66(75)61-59-57-55-53-51-49-47-45-43-41-39-37-35-30-28-26-24-22-20-18-16-14-12-10-8-6-4-2/h5,7,11,13,17,19,23,25,29,31,33-34,38,40,43-46,51,53,59,61,65-67,69-72,74-75,77-79H,3-4,6,8-10,12,14-16,18,20-22,24,26-28,30,32,35-37,39,41-42,47-50,52,54-58,60,62-64H2,1-2H3,(H,73,76)/b7-5-,13-11-,19-17-,25-23-,31-29-,34-33-,40-38-,45-43+,46-44-,53-51+,61-59+. The van der Waals surface area contributed by atoms with Crippen molar-refractivity contribution in [2.45, 2.75) is 301 Å². The van der Waals surface area contributed by atoms with Gasteiger partial charge < -0.3 is 40.3 Å². The maximum absolute atomic E-state index is 13.1. The Bertz CT molecular complexity index is 1740. The Balaban J connectivity index is 2.25. The minimum absolute atomic E-state index is 0.210. The Kier molecular flexibility index (Phi) is 55.3. The molecule has 9 heteroatoms. The van der Waals surface area contributed by atoms with E-state index in [1.165, 1.54) is 109 Å².